The molecule has 1 aliphatic carbocycles. The Hall–Kier alpha value is -0.940. The quantitative estimate of drug-likeness (QED) is 0.919. The van der Waals surface area contributed by atoms with Gasteiger partial charge in [-0.3, -0.25) is 0 Å². The molecule has 2 nitrogen and oxygen atoms in total. The van der Waals surface area contributed by atoms with E-state index in [1.165, 1.54) is 7.11 Å². The van der Waals surface area contributed by atoms with E-state index in [9.17, 15) is 18.3 Å². The van der Waals surface area contributed by atoms with Gasteiger partial charge in [-0.25, -0.2) is 0 Å². The Bertz CT molecular complexity index is 467. The summed E-state index contributed by atoms with van der Waals surface area (Å²) in [6.07, 6.45) is -3.16. The third-order valence-corrected chi connectivity index (χ3v) is 3.28. The highest BCUT2D eigenvalue weighted by Crippen LogP contribution is 2.43. The molecule has 0 amide bonds. The monoisotopic (exact) mass is 280 g/mol. The van der Waals surface area contributed by atoms with Crippen LogP contribution in [-0.2, 0) is 12.6 Å². The van der Waals surface area contributed by atoms with E-state index in [0.29, 0.717) is 12.8 Å². The summed E-state index contributed by atoms with van der Waals surface area (Å²) < 4.78 is 43.0. The maximum absolute atomic E-state index is 12.7. The van der Waals surface area contributed by atoms with Crippen LogP contribution in [0.4, 0.5) is 13.2 Å². The summed E-state index contributed by atoms with van der Waals surface area (Å²) in [5.74, 6) is 0.199. The minimum Gasteiger partial charge on any atom is -0.495 e. The molecule has 100 valence electrons. The first-order chi connectivity index (χ1) is 8.25. The van der Waals surface area contributed by atoms with E-state index in [4.69, 9.17) is 16.3 Å². The van der Waals surface area contributed by atoms with E-state index < -0.39 is 17.3 Å². The summed E-state index contributed by atoms with van der Waals surface area (Å²) in [5.41, 5.74) is -1.44. The zero-order valence-electron chi connectivity index (χ0n) is 9.64. The molecule has 0 atom stereocenters. The van der Waals surface area contributed by atoms with Gasteiger partial charge in [-0.05, 0) is 30.5 Å². The number of methoxy groups -OCH3 is 1. The minimum atomic E-state index is -4.46. The molecular weight excluding hydrogens is 269 g/mol. The third-order valence-electron chi connectivity index (χ3n) is 3.00. The van der Waals surface area contributed by atoms with Crippen LogP contribution in [0.1, 0.15) is 24.0 Å². The summed E-state index contributed by atoms with van der Waals surface area (Å²) in [5, 5.41) is 9.72. The van der Waals surface area contributed by atoms with E-state index >= 15 is 0 Å². The lowest BCUT2D eigenvalue weighted by Gasteiger charge is -2.16. The zero-order chi connectivity index (χ0) is 13.6. The van der Waals surface area contributed by atoms with Crippen molar-refractivity contribution in [2.75, 3.05) is 7.11 Å². The summed E-state index contributed by atoms with van der Waals surface area (Å²) in [7, 11) is 1.34. The lowest BCUT2D eigenvalue weighted by molar-refractivity contribution is -0.137. The molecular formula is C12H12ClF3O2. The Balaban J connectivity index is 2.43. The molecule has 1 aromatic rings. The number of aliphatic hydroxyl groups is 1. The Morgan fingerprint density at radius 3 is 2.44 bits per heavy atom. The summed E-state index contributed by atoms with van der Waals surface area (Å²) >= 11 is 5.78. The molecule has 0 aliphatic heterocycles. The smallest absolute Gasteiger partial charge is 0.416 e. The number of hydrogen-bond donors (Lipinski definition) is 1. The average Bonchev–Trinajstić information content (AvgIpc) is 2.94. The SMILES string of the molecule is COc1c(Cl)cc(C(F)(F)F)cc1CC1(O)CC1. The minimum absolute atomic E-state index is 0.0911. The van der Waals surface area contributed by atoms with E-state index in [0.717, 1.165) is 12.1 Å². The fraction of sp³-hybridized carbons (Fsp3) is 0.500. The lowest BCUT2D eigenvalue weighted by atomic mass is 10.0. The molecule has 0 unspecified atom stereocenters. The van der Waals surface area contributed by atoms with Crippen molar-refractivity contribution >= 4 is 11.6 Å². The van der Waals surface area contributed by atoms with Crippen molar-refractivity contribution in [1.29, 1.82) is 0 Å². The van der Waals surface area contributed by atoms with Crippen molar-refractivity contribution in [3.63, 3.8) is 0 Å². The van der Waals surface area contributed by atoms with E-state index in [1.54, 1.807) is 0 Å². The van der Waals surface area contributed by atoms with Gasteiger partial charge < -0.3 is 9.84 Å². The van der Waals surface area contributed by atoms with Crippen LogP contribution in [0.5, 0.6) is 5.75 Å². The Labute approximate surface area is 107 Å². The molecule has 1 aliphatic rings. The Kier molecular flexibility index (Phi) is 3.23. The number of benzene rings is 1. The number of hydrogen-bond acceptors (Lipinski definition) is 2. The van der Waals surface area contributed by atoms with E-state index in [2.05, 4.69) is 0 Å². The van der Waals surface area contributed by atoms with Crippen LogP contribution in [0.25, 0.3) is 0 Å². The predicted molar refractivity (Wildman–Crippen MR) is 60.9 cm³/mol. The van der Waals surface area contributed by atoms with Crippen LogP contribution in [0, 0.1) is 0 Å². The predicted octanol–water partition coefficient (Wildman–Crippen LogP) is 3.43. The maximum Gasteiger partial charge on any atom is 0.416 e. The topological polar surface area (TPSA) is 29.5 Å². The van der Waals surface area contributed by atoms with Crippen molar-refractivity contribution in [2.24, 2.45) is 0 Å². The van der Waals surface area contributed by atoms with Crippen molar-refractivity contribution < 1.29 is 23.0 Å². The molecule has 1 aromatic carbocycles. The first-order valence-corrected chi connectivity index (χ1v) is 5.79. The van der Waals surface area contributed by atoms with Gasteiger partial charge in [0.25, 0.3) is 0 Å². The van der Waals surface area contributed by atoms with Crippen LogP contribution < -0.4 is 4.74 Å². The van der Waals surface area contributed by atoms with Gasteiger partial charge in [0.1, 0.15) is 5.75 Å². The molecule has 6 heteroatoms. The molecule has 18 heavy (non-hydrogen) atoms. The number of rotatable bonds is 3. The largest absolute Gasteiger partial charge is 0.495 e. The zero-order valence-corrected chi connectivity index (χ0v) is 10.4. The maximum atomic E-state index is 12.7. The summed E-state index contributed by atoms with van der Waals surface area (Å²) in [6.45, 7) is 0. The van der Waals surface area contributed by atoms with Crippen LogP contribution in [0.3, 0.4) is 0 Å². The Morgan fingerprint density at radius 1 is 1.39 bits per heavy atom. The molecule has 2 rings (SSSR count). The van der Waals surface area contributed by atoms with E-state index in [-0.39, 0.29) is 22.8 Å². The van der Waals surface area contributed by atoms with Gasteiger partial charge in [-0.1, -0.05) is 11.6 Å². The molecule has 0 heterocycles. The fourth-order valence-corrected chi connectivity index (χ4v) is 2.17. The van der Waals surface area contributed by atoms with Gasteiger partial charge in [0, 0.05) is 6.42 Å². The molecule has 0 saturated heterocycles. The average molecular weight is 281 g/mol. The first-order valence-electron chi connectivity index (χ1n) is 5.41. The molecule has 0 radical (unpaired) electrons. The highest BCUT2D eigenvalue weighted by Gasteiger charge is 2.42. The molecule has 0 spiro atoms. The van der Waals surface area contributed by atoms with Gasteiger partial charge in [0.2, 0.25) is 0 Å². The highest BCUT2D eigenvalue weighted by atomic mass is 35.5. The van der Waals surface area contributed by atoms with E-state index in [1.807, 2.05) is 0 Å². The molecule has 0 bridgehead atoms. The van der Waals surface area contributed by atoms with Crippen LogP contribution in [0.15, 0.2) is 12.1 Å². The second-order valence-electron chi connectivity index (χ2n) is 4.55. The van der Waals surface area contributed by atoms with Gasteiger partial charge in [0.15, 0.2) is 0 Å². The normalized spacial score (nSPS) is 17.7. The Morgan fingerprint density at radius 2 is 2.00 bits per heavy atom. The van der Waals surface area contributed by atoms with Gasteiger partial charge in [0.05, 0.1) is 23.3 Å². The number of alkyl halides is 3. The van der Waals surface area contributed by atoms with Crippen molar-refractivity contribution in [3.05, 3.63) is 28.3 Å². The summed E-state index contributed by atoms with van der Waals surface area (Å²) in [6, 6.07) is 1.82. The van der Waals surface area contributed by atoms with Crippen LogP contribution in [0.2, 0.25) is 5.02 Å². The summed E-state index contributed by atoms with van der Waals surface area (Å²) in [4.78, 5) is 0. The second-order valence-corrected chi connectivity index (χ2v) is 4.96. The molecule has 1 N–H and O–H groups in total. The molecule has 1 saturated carbocycles. The number of halogens is 4. The third kappa shape index (κ3) is 2.72. The van der Waals surface area contributed by atoms with Gasteiger partial charge >= 0.3 is 6.18 Å². The fourth-order valence-electron chi connectivity index (χ4n) is 1.85. The van der Waals surface area contributed by atoms with Crippen molar-refractivity contribution in [1.82, 2.24) is 0 Å². The van der Waals surface area contributed by atoms with Gasteiger partial charge in [-0.2, -0.15) is 13.2 Å². The molecule has 1 fully saturated rings. The van der Waals surface area contributed by atoms with Crippen molar-refractivity contribution in [2.45, 2.75) is 31.0 Å². The van der Waals surface area contributed by atoms with Crippen molar-refractivity contribution in [3.8, 4) is 5.75 Å². The highest BCUT2D eigenvalue weighted by molar-refractivity contribution is 6.32. The van der Waals surface area contributed by atoms with Gasteiger partial charge in [-0.15, -0.1) is 0 Å². The lowest BCUT2D eigenvalue weighted by Crippen LogP contribution is -2.14. The molecule has 0 aromatic heterocycles. The standard InChI is InChI=1S/C12H12ClF3O2/c1-18-10-7(6-11(17)2-3-11)4-8(5-9(10)13)12(14,15)16/h4-5,17H,2-3,6H2,1H3. The first kappa shape index (κ1) is 13.5. The number of ether oxygens (including phenoxy) is 1. The van der Waals surface area contributed by atoms with Crippen LogP contribution in [-0.4, -0.2) is 17.8 Å². The van der Waals surface area contributed by atoms with Crippen LogP contribution >= 0.6 is 11.6 Å². The second kappa shape index (κ2) is 4.31.